The number of rotatable bonds is 3. The van der Waals surface area contributed by atoms with E-state index in [0.717, 1.165) is 11.0 Å². The largest absolute Gasteiger partial charge is 0.396 e. The lowest BCUT2D eigenvalue weighted by Gasteiger charge is -2.09. The van der Waals surface area contributed by atoms with Gasteiger partial charge in [-0.1, -0.05) is 30.1 Å². The Labute approximate surface area is 109 Å². The molecule has 17 heavy (non-hydrogen) atoms. The van der Waals surface area contributed by atoms with Gasteiger partial charge in [-0.3, -0.25) is 0 Å². The maximum absolute atomic E-state index is 9.03. The molecular formula is C12H12Cl2N2O. The summed E-state index contributed by atoms with van der Waals surface area (Å²) in [5, 5.41) is 10.0. The summed E-state index contributed by atoms with van der Waals surface area (Å²) in [4.78, 5) is 8.70. The minimum atomic E-state index is 0.103. The van der Waals surface area contributed by atoms with Gasteiger partial charge in [0.1, 0.15) is 0 Å². The number of nitrogens with zero attached hydrogens (tertiary/aromatic N) is 2. The lowest BCUT2D eigenvalue weighted by atomic mass is 10.1. The molecule has 1 unspecified atom stereocenters. The molecule has 0 amide bonds. The van der Waals surface area contributed by atoms with E-state index >= 15 is 0 Å². The van der Waals surface area contributed by atoms with Crippen molar-refractivity contribution >= 4 is 34.2 Å². The van der Waals surface area contributed by atoms with Crippen molar-refractivity contribution in [3.05, 3.63) is 34.1 Å². The van der Waals surface area contributed by atoms with Crippen molar-refractivity contribution in [3.63, 3.8) is 0 Å². The predicted octanol–water partition coefficient (Wildman–Crippen LogP) is 3.11. The Bertz CT molecular complexity index is 545. The van der Waals surface area contributed by atoms with Crippen molar-refractivity contribution in [2.75, 3.05) is 6.61 Å². The van der Waals surface area contributed by atoms with Gasteiger partial charge in [0, 0.05) is 11.6 Å². The summed E-state index contributed by atoms with van der Waals surface area (Å²) in [5.74, 6) is 0.110. The summed E-state index contributed by atoms with van der Waals surface area (Å²) in [7, 11) is 0. The number of fused-ring (bicyclic) bond motifs is 1. The van der Waals surface area contributed by atoms with Gasteiger partial charge in [-0.05, 0) is 30.5 Å². The third-order valence-corrected chi connectivity index (χ3v) is 3.04. The Morgan fingerprint density at radius 1 is 1.24 bits per heavy atom. The van der Waals surface area contributed by atoms with E-state index < -0.39 is 0 Å². The second kappa shape index (κ2) is 5.17. The van der Waals surface area contributed by atoms with Gasteiger partial charge in [0.05, 0.1) is 16.7 Å². The van der Waals surface area contributed by atoms with E-state index in [1.807, 2.05) is 6.92 Å². The summed E-state index contributed by atoms with van der Waals surface area (Å²) in [6, 6.07) is 5.30. The molecule has 0 fully saturated rings. The molecule has 2 rings (SSSR count). The van der Waals surface area contributed by atoms with Crippen LogP contribution in [0.4, 0.5) is 0 Å². The number of benzene rings is 1. The molecule has 0 saturated carbocycles. The molecule has 0 saturated heterocycles. The minimum Gasteiger partial charge on any atom is -0.396 e. The van der Waals surface area contributed by atoms with Crippen LogP contribution in [-0.2, 0) is 6.42 Å². The molecule has 1 aromatic heterocycles. The zero-order chi connectivity index (χ0) is 12.4. The fraction of sp³-hybridized carbons (Fsp3) is 0.333. The summed E-state index contributed by atoms with van der Waals surface area (Å²) < 4.78 is 0. The van der Waals surface area contributed by atoms with Crippen LogP contribution < -0.4 is 0 Å². The second-order valence-electron chi connectivity index (χ2n) is 4.09. The van der Waals surface area contributed by atoms with Gasteiger partial charge >= 0.3 is 0 Å². The number of aromatic nitrogens is 2. The maximum Gasteiger partial charge on any atom is 0.151 e. The Morgan fingerprint density at radius 2 is 2.00 bits per heavy atom. The summed E-state index contributed by atoms with van der Waals surface area (Å²) in [6.07, 6.45) is 0.602. The Kier molecular flexibility index (Phi) is 3.82. The number of aliphatic hydroxyl groups is 1. The molecular weight excluding hydrogens is 259 g/mol. The monoisotopic (exact) mass is 270 g/mol. The molecule has 1 atom stereocenters. The summed E-state index contributed by atoms with van der Waals surface area (Å²) >= 11 is 12.0. The second-order valence-corrected chi connectivity index (χ2v) is 4.88. The molecule has 0 spiro atoms. The van der Waals surface area contributed by atoms with Crippen LogP contribution in [-0.4, -0.2) is 21.7 Å². The number of hydrogen-bond acceptors (Lipinski definition) is 3. The van der Waals surface area contributed by atoms with Crippen molar-refractivity contribution in [2.24, 2.45) is 5.92 Å². The fourth-order valence-electron chi connectivity index (χ4n) is 1.57. The van der Waals surface area contributed by atoms with Crippen molar-refractivity contribution in [1.29, 1.82) is 0 Å². The molecule has 3 nitrogen and oxygen atoms in total. The van der Waals surface area contributed by atoms with E-state index in [-0.39, 0.29) is 12.5 Å². The fourth-order valence-corrected chi connectivity index (χ4v) is 1.94. The van der Waals surface area contributed by atoms with Crippen LogP contribution in [0.1, 0.15) is 12.6 Å². The molecule has 0 aliphatic heterocycles. The molecule has 0 radical (unpaired) electrons. The highest BCUT2D eigenvalue weighted by molar-refractivity contribution is 6.31. The first-order valence-electron chi connectivity index (χ1n) is 5.32. The van der Waals surface area contributed by atoms with Gasteiger partial charge < -0.3 is 5.11 Å². The molecule has 0 aliphatic rings. The first-order valence-corrected chi connectivity index (χ1v) is 6.08. The van der Waals surface area contributed by atoms with Crippen LogP contribution in [0.2, 0.25) is 10.2 Å². The van der Waals surface area contributed by atoms with Crippen LogP contribution in [0.3, 0.4) is 0 Å². The van der Waals surface area contributed by atoms with E-state index in [0.29, 0.717) is 22.3 Å². The third kappa shape index (κ3) is 2.86. The van der Waals surface area contributed by atoms with Gasteiger partial charge in [0.25, 0.3) is 0 Å². The lowest BCUT2D eigenvalue weighted by Crippen LogP contribution is -2.07. The van der Waals surface area contributed by atoms with Gasteiger partial charge in [0.2, 0.25) is 0 Å². The van der Waals surface area contributed by atoms with Crippen LogP contribution >= 0.6 is 23.2 Å². The highest BCUT2D eigenvalue weighted by atomic mass is 35.5. The Morgan fingerprint density at radius 3 is 2.71 bits per heavy atom. The normalized spacial score (nSPS) is 12.9. The van der Waals surface area contributed by atoms with Crippen LogP contribution in [0.5, 0.6) is 0 Å². The zero-order valence-electron chi connectivity index (χ0n) is 9.32. The van der Waals surface area contributed by atoms with E-state index in [1.54, 1.807) is 18.2 Å². The highest BCUT2D eigenvalue weighted by Gasteiger charge is 2.10. The number of halogens is 2. The molecule has 0 aliphatic carbocycles. The first kappa shape index (κ1) is 12.6. The van der Waals surface area contributed by atoms with Gasteiger partial charge in [-0.15, -0.1) is 0 Å². The van der Waals surface area contributed by atoms with Crippen molar-refractivity contribution < 1.29 is 5.11 Å². The van der Waals surface area contributed by atoms with E-state index in [9.17, 15) is 0 Å². The van der Waals surface area contributed by atoms with Crippen LogP contribution in [0, 0.1) is 5.92 Å². The molecule has 2 aromatic rings. The van der Waals surface area contributed by atoms with Gasteiger partial charge in [0.15, 0.2) is 5.15 Å². The summed E-state index contributed by atoms with van der Waals surface area (Å²) in [6.45, 7) is 2.03. The molecule has 0 bridgehead atoms. The van der Waals surface area contributed by atoms with Crippen molar-refractivity contribution in [3.8, 4) is 0 Å². The van der Waals surface area contributed by atoms with E-state index in [2.05, 4.69) is 9.97 Å². The predicted molar refractivity (Wildman–Crippen MR) is 69.5 cm³/mol. The third-order valence-electron chi connectivity index (χ3n) is 2.50. The van der Waals surface area contributed by atoms with E-state index in [4.69, 9.17) is 28.3 Å². The molecule has 5 heteroatoms. The molecule has 1 N–H and O–H groups in total. The minimum absolute atomic E-state index is 0.103. The van der Waals surface area contributed by atoms with Crippen molar-refractivity contribution in [2.45, 2.75) is 13.3 Å². The van der Waals surface area contributed by atoms with Gasteiger partial charge in [-0.25, -0.2) is 9.97 Å². The van der Waals surface area contributed by atoms with Crippen LogP contribution in [0.25, 0.3) is 11.0 Å². The molecule has 90 valence electrons. The Hall–Kier alpha value is -0.900. The SMILES string of the molecule is CC(CO)Cc1nc2cc(Cl)ccc2nc1Cl. The van der Waals surface area contributed by atoms with E-state index in [1.165, 1.54) is 0 Å². The highest BCUT2D eigenvalue weighted by Crippen LogP contribution is 2.22. The topological polar surface area (TPSA) is 46.0 Å². The first-order chi connectivity index (χ1) is 8.10. The van der Waals surface area contributed by atoms with Crippen LogP contribution in [0.15, 0.2) is 18.2 Å². The quantitative estimate of drug-likeness (QED) is 0.932. The zero-order valence-corrected chi connectivity index (χ0v) is 10.8. The summed E-state index contributed by atoms with van der Waals surface area (Å²) in [5.41, 5.74) is 2.14. The average molecular weight is 271 g/mol. The molecule has 1 aromatic carbocycles. The smallest absolute Gasteiger partial charge is 0.151 e. The number of hydrogen-bond donors (Lipinski definition) is 1. The lowest BCUT2D eigenvalue weighted by molar-refractivity contribution is 0.236. The Balaban J connectivity index is 2.46. The standard InChI is InChI=1S/C12H12Cl2N2O/c1-7(6-17)4-11-12(14)16-9-3-2-8(13)5-10(9)15-11/h2-3,5,7,17H,4,6H2,1H3. The number of aliphatic hydroxyl groups excluding tert-OH is 1. The maximum atomic E-state index is 9.03. The van der Waals surface area contributed by atoms with Gasteiger partial charge in [-0.2, -0.15) is 0 Å². The van der Waals surface area contributed by atoms with Crippen molar-refractivity contribution in [1.82, 2.24) is 9.97 Å². The average Bonchev–Trinajstić information content (AvgIpc) is 2.30. The molecule has 1 heterocycles.